The molecule has 0 aromatic carbocycles. The van der Waals surface area contributed by atoms with E-state index in [0.717, 1.165) is 36.6 Å². The van der Waals surface area contributed by atoms with E-state index in [-0.39, 0.29) is 0 Å². The molecule has 4 nitrogen and oxygen atoms in total. The molecule has 1 aliphatic rings. The Kier molecular flexibility index (Phi) is 5.55. The third kappa shape index (κ3) is 3.72. The fourth-order valence-corrected chi connectivity index (χ4v) is 3.19. The summed E-state index contributed by atoms with van der Waals surface area (Å²) in [5, 5.41) is 21.4. The molecule has 114 valence electrons. The number of nitriles is 1. The molecule has 1 aromatic rings. The van der Waals surface area contributed by atoms with Crippen LogP contribution in [0.25, 0.3) is 0 Å². The van der Waals surface area contributed by atoms with Crippen molar-refractivity contribution in [3.8, 4) is 6.07 Å². The molecule has 1 heterocycles. The highest BCUT2D eigenvalue weighted by Gasteiger charge is 2.19. The zero-order valence-electron chi connectivity index (χ0n) is 13.4. The lowest BCUT2D eigenvalue weighted by Gasteiger charge is -2.26. The van der Waals surface area contributed by atoms with Crippen molar-refractivity contribution in [3.63, 3.8) is 0 Å². The van der Waals surface area contributed by atoms with Crippen molar-refractivity contribution in [2.24, 2.45) is 11.8 Å². The summed E-state index contributed by atoms with van der Waals surface area (Å²) in [5.41, 5.74) is 2.69. The molecule has 0 bridgehead atoms. The SMILES string of the molecule is CCc1nnc(NCC2CCC(C)CC2)c(C#N)c1CC. The highest BCUT2D eigenvalue weighted by atomic mass is 15.2. The van der Waals surface area contributed by atoms with E-state index in [1.165, 1.54) is 25.7 Å². The number of aromatic nitrogens is 2. The summed E-state index contributed by atoms with van der Waals surface area (Å²) in [4.78, 5) is 0. The van der Waals surface area contributed by atoms with Crippen LogP contribution in [-0.2, 0) is 12.8 Å². The zero-order valence-corrected chi connectivity index (χ0v) is 13.4. The van der Waals surface area contributed by atoms with Gasteiger partial charge in [0.1, 0.15) is 11.6 Å². The number of rotatable bonds is 5. The number of hydrogen-bond acceptors (Lipinski definition) is 4. The van der Waals surface area contributed by atoms with E-state index < -0.39 is 0 Å². The average molecular weight is 286 g/mol. The number of nitrogens with zero attached hydrogens (tertiary/aromatic N) is 3. The lowest BCUT2D eigenvalue weighted by Crippen LogP contribution is -2.21. The maximum Gasteiger partial charge on any atom is 0.166 e. The first-order valence-corrected chi connectivity index (χ1v) is 8.21. The van der Waals surface area contributed by atoms with Gasteiger partial charge < -0.3 is 5.32 Å². The molecule has 0 radical (unpaired) electrons. The zero-order chi connectivity index (χ0) is 15.2. The summed E-state index contributed by atoms with van der Waals surface area (Å²) in [6.07, 6.45) is 6.84. The minimum absolute atomic E-state index is 0.671. The van der Waals surface area contributed by atoms with E-state index in [1.807, 2.05) is 0 Å². The number of aryl methyl sites for hydroxylation is 1. The van der Waals surface area contributed by atoms with Gasteiger partial charge >= 0.3 is 0 Å². The molecule has 2 rings (SSSR count). The summed E-state index contributed by atoms with van der Waals surface area (Å²) in [7, 11) is 0. The van der Waals surface area contributed by atoms with Crippen LogP contribution in [0.15, 0.2) is 0 Å². The van der Waals surface area contributed by atoms with Gasteiger partial charge in [-0.3, -0.25) is 0 Å². The summed E-state index contributed by atoms with van der Waals surface area (Å²) < 4.78 is 0. The van der Waals surface area contributed by atoms with Crippen LogP contribution >= 0.6 is 0 Å². The predicted molar refractivity (Wildman–Crippen MR) is 85.1 cm³/mol. The third-order valence-corrected chi connectivity index (χ3v) is 4.65. The van der Waals surface area contributed by atoms with Gasteiger partial charge in [-0.1, -0.05) is 33.6 Å². The fourth-order valence-electron chi connectivity index (χ4n) is 3.19. The minimum atomic E-state index is 0.671. The fraction of sp³-hybridized carbons (Fsp3) is 0.706. The van der Waals surface area contributed by atoms with Crippen molar-refractivity contribution >= 4 is 5.82 Å². The van der Waals surface area contributed by atoms with Crippen molar-refractivity contribution in [3.05, 3.63) is 16.8 Å². The van der Waals surface area contributed by atoms with Crippen LogP contribution in [0.1, 0.15) is 63.3 Å². The summed E-state index contributed by atoms with van der Waals surface area (Å²) in [5.74, 6) is 2.24. The largest absolute Gasteiger partial charge is 0.367 e. The van der Waals surface area contributed by atoms with Gasteiger partial charge in [-0.15, -0.1) is 5.10 Å². The van der Waals surface area contributed by atoms with E-state index in [1.54, 1.807) is 0 Å². The summed E-state index contributed by atoms with van der Waals surface area (Å²) in [6.45, 7) is 7.37. The Bertz CT molecular complexity index is 510. The van der Waals surface area contributed by atoms with Crippen LogP contribution in [0.4, 0.5) is 5.82 Å². The smallest absolute Gasteiger partial charge is 0.166 e. The molecule has 0 spiro atoms. The van der Waals surface area contributed by atoms with Crippen LogP contribution in [0.3, 0.4) is 0 Å². The monoisotopic (exact) mass is 286 g/mol. The highest BCUT2D eigenvalue weighted by molar-refractivity contribution is 5.56. The molecule has 0 aliphatic heterocycles. The summed E-state index contributed by atoms with van der Waals surface area (Å²) >= 11 is 0. The van der Waals surface area contributed by atoms with Crippen molar-refractivity contribution in [2.75, 3.05) is 11.9 Å². The normalized spacial score (nSPS) is 21.8. The van der Waals surface area contributed by atoms with Crippen molar-refractivity contribution in [1.82, 2.24) is 10.2 Å². The van der Waals surface area contributed by atoms with Gasteiger partial charge in [0, 0.05) is 6.54 Å². The molecule has 0 atom stereocenters. The van der Waals surface area contributed by atoms with Crippen LogP contribution in [-0.4, -0.2) is 16.7 Å². The Morgan fingerprint density at radius 1 is 1.14 bits per heavy atom. The van der Waals surface area contributed by atoms with Crippen LogP contribution in [0.2, 0.25) is 0 Å². The molecule has 1 N–H and O–H groups in total. The average Bonchev–Trinajstić information content (AvgIpc) is 2.53. The van der Waals surface area contributed by atoms with E-state index in [0.29, 0.717) is 17.3 Å². The van der Waals surface area contributed by atoms with E-state index in [2.05, 4.69) is 42.4 Å². The molecule has 1 fully saturated rings. The Labute approximate surface area is 128 Å². The standard InChI is InChI=1S/C17H26N4/c1-4-14-15(10-18)17(21-20-16(14)5-2)19-11-13-8-6-12(3)7-9-13/h12-13H,4-9,11H2,1-3H3,(H,19,21). The lowest BCUT2D eigenvalue weighted by atomic mass is 9.83. The Morgan fingerprint density at radius 2 is 1.86 bits per heavy atom. The van der Waals surface area contributed by atoms with Gasteiger partial charge in [-0.2, -0.15) is 10.4 Å². The molecule has 0 saturated heterocycles. The van der Waals surface area contributed by atoms with Gasteiger partial charge in [-0.25, -0.2) is 0 Å². The molecule has 1 aromatic heterocycles. The third-order valence-electron chi connectivity index (χ3n) is 4.65. The van der Waals surface area contributed by atoms with E-state index in [9.17, 15) is 5.26 Å². The molecule has 1 aliphatic carbocycles. The molecule has 4 heteroatoms. The van der Waals surface area contributed by atoms with Gasteiger partial charge in [0.2, 0.25) is 0 Å². The lowest BCUT2D eigenvalue weighted by molar-refractivity contribution is 0.300. The Hall–Kier alpha value is -1.63. The van der Waals surface area contributed by atoms with Gasteiger partial charge in [0.05, 0.1) is 5.69 Å². The number of anilines is 1. The van der Waals surface area contributed by atoms with Crippen molar-refractivity contribution in [1.29, 1.82) is 5.26 Å². The van der Waals surface area contributed by atoms with E-state index in [4.69, 9.17) is 0 Å². The maximum absolute atomic E-state index is 9.46. The molecule has 21 heavy (non-hydrogen) atoms. The molecular weight excluding hydrogens is 260 g/mol. The topological polar surface area (TPSA) is 61.6 Å². The first-order chi connectivity index (χ1) is 10.2. The second kappa shape index (κ2) is 7.40. The Morgan fingerprint density at radius 3 is 2.43 bits per heavy atom. The minimum Gasteiger partial charge on any atom is -0.367 e. The molecule has 0 unspecified atom stereocenters. The van der Waals surface area contributed by atoms with Gasteiger partial charge in [0.25, 0.3) is 0 Å². The van der Waals surface area contributed by atoms with Crippen LogP contribution in [0, 0.1) is 23.2 Å². The quantitative estimate of drug-likeness (QED) is 0.896. The predicted octanol–water partition coefficient (Wildman–Crippen LogP) is 3.71. The first kappa shape index (κ1) is 15.8. The van der Waals surface area contributed by atoms with Crippen LogP contribution < -0.4 is 5.32 Å². The second-order valence-electron chi connectivity index (χ2n) is 6.17. The summed E-state index contributed by atoms with van der Waals surface area (Å²) in [6, 6.07) is 2.32. The van der Waals surface area contributed by atoms with Crippen molar-refractivity contribution < 1.29 is 0 Å². The maximum atomic E-state index is 9.46. The first-order valence-electron chi connectivity index (χ1n) is 8.21. The highest BCUT2D eigenvalue weighted by Crippen LogP contribution is 2.29. The number of hydrogen-bond donors (Lipinski definition) is 1. The Balaban J connectivity index is 2.08. The van der Waals surface area contributed by atoms with E-state index >= 15 is 0 Å². The molecular formula is C17H26N4. The number of nitrogens with one attached hydrogen (secondary N) is 1. The molecule has 1 saturated carbocycles. The van der Waals surface area contributed by atoms with Gasteiger partial charge in [-0.05, 0) is 43.1 Å². The second-order valence-corrected chi connectivity index (χ2v) is 6.17. The molecule has 0 amide bonds. The van der Waals surface area contributed by atoms with Crippen LogP contribution in [0.5, 0.6) is 0 Å². The van der Waals surface area contributed by atoms with Crippen molar-refractivity contribution in [2.45, 2.75) is 59.3 Å². The van der Waals surface area contributed by atoms with Gasteiger partial charge in [0.15, 0.2) is 5.82 Å².